The first kappa shape index (κ1) is 11.5. The van der Waals surface area contributed by atoms with Crippen LogP contribution in [0.5, 0.6) is 0 Å². The molecule has 0 saturated heterocycles. The molecule has 1 saturated carbocycles. The minimum atomic E-state index is 0.0457. The van der Waals surface area contributed by atoms with E-state index in [9.17, 15) is 0 Å². The second kappa shape index (κ2) is 4.76. The quantitative estimate of drug-likeness (QED) is 0.669. The van der Waals surface area contributed by atoms with E-state index in [1.54, 1.807) is 0 Å². The number of allylic oxidation sites excluding steroid dienone is 1. The molecule has 0 amide bonds. The lowest BCUT2D eigenvalue weighted by molar-refractivity contribution is 0.135. The second-order valence-corrected chi connectivity index (χ2v) is 4.29. The van der Waals surface area contributed by atoms with Gasteiger partial charge in [-0.1, -0.05) is 18.6 Å². The highest BCUT2D eigenvalue weighted by molar-refractivity contribution is 5.09. The highest BCUT2D eigenvalue weighted by Crippen LogP contribution is 2.45. The minimum absolute atomic E-state index is 0.0457. The van der Waals surface area contributed by atoms with E-state index in [0.29, 0.717) is 18.4 Å². The zero-order chi connectivity index (χ0) is 10.6. The number of nitrogens with two attached hydrogens (primary N) is 2. The number of hydrogen-bond donors (Lipinski definition) is 2. The van der Waals surface area contributed by atoms with Crippen molar-refractivity contribution in [3.8, 4) is 0 Å². The van der Waals surface area contributed by atoms with Crippen molar-refractivity contribution in [2.24, 2.45) is 28.7 Å². The molecule has 0 aromatic rings. The average Bonchev–Trinajstić information content (AvgIpc) is 2.27. The lowest BCUT2D eigenvalue weighted by atomic mass is 9.61. The van der Waals surface area contributed by atoms with Crippen molar-refractivity contribution in [3.05, 3.63) is 25.3 Å². The monoisotopic (exact) mass is 194 g/mol. The van der Waals surface area contributed by atoms with E-state index in [1.807, 2.05) is 12.2 Å². The van der Waals surface area contributed by atoms with Gasteiger partial charge in [0, 0.05) is 12.0 Å². The highest BCUT2D eigenvalue weighted by atomic mass is 14.6. The molecule has 1 aliphatic carbocycles. The van der Waals surface area contributed by atoms with Crippen molar-refractivity contribution < 1.29 is 0 Å². The standard InChI is InChI=1S/C12H22N2/c1-3-11-10(8-13)6-5-7-12(11,4-2)9-14/h3-4,10-11H,1-2,5-9,13-14H2. The molecule has 0 spiro atoms. The molecule has 1 rings (SSSR count). The summed E-state index contributed by atoms with van der Waals surface area (Å²) in [6.07, 6.45) is 7.56. The second-order valence-electron chi connectivity index (χ2n) is 4.29. The van der Waals surface area contributed by atoms with E-state index in [-0.39, 0.29) is 5.41 Å². The fourth-order valence-corrected chi connectivity index (χ4v) is 2.76. The summed E-state index contributed by atoms with van der Waals surface area (Å²) in [5.41, 5.74) is 11.7. The van der Waals surface area contributed by atoms with Crippen LogP contribution in [0.2, 0.25) is 0 Å². The van der Waals surface area contributed by atoms with E-state index >= 15 is 0 Å². The first-order chi connectivity index (χ1) is 6.74. The summed E-state index contributed by atoms with van der Waals surface area (Å²) in [7, 11) is 0. The van der Waals surface area contributed by atoms with Gasteiger partial charge in [0.1, 0.15) is 0 Å². The van der Waals surface area contributed by atoms with Crippen LogP contribution in [0, 0.1) is 17.3 Å². The van der Waals surface area contributed by atoms with Crippen molar-refractivity contribution in [3.63, 3.8) is 0 Å². The van der Waals surface area contributed by atoms with Crippen molar-refractivity contribution in [2.75, 3.05) is 13.1 Å². The van der Waals surface area contributed by atoms with Gasteiger partial charge < -0.3 is 11.5 Å². The molecular weight excluding hydrogens is 172 g/mol. The topological polar surface area (TPSA) is 52.0 Å². The Bertz CT molecular complexity index is 212. The SMILES string of the molecule is C=CC1C(CN)CCCC1(C=C)CN. The first-order valence-corrected chi connectivity index (χ1v) is 5.40. The van der Waals surface area contributed by atoms with Crippen LogP contribution in [0.15, 0.2) is 25.3 Å². The van der Waals surface area contributed by atoms with Crippen LogP contribution in [0.25, 0.3) is 0 Å². The maximum absolute atomic E-state index is 5.87. The first-order valence-electron chi connectivity index (χ1n) is 5.40. The van der Waals surface area contributed by atoms with Gasteiger partial charge >= 0.3 is 0 Å². The zero-order valence-electron chi connectivity index (χ0n) is 8.91. The number of rotatable bonds is 4. The largest absolute Gasteiger partial charge is 0.330 e. The fraction of sp³-hybridized carbons (Fsp3) is 0.667. The molecule has 0 bridgehead atoms. The normalized spacial score (nSPS) is 37.9. The van der Waals surface area contributed by atoms with Crippen LogP contribution < -0.4 is 11.5 Å². The minimum Gasteiger partial charge on any atom is -0.330 e. The van der Waals surface area contributed by atoms with Crippen LogP contribution in [0.4, 0.5) is 0 Å². The zero-order valence-corrected chi connectivity index (χ0v) is 8.91. The van der Waals surface area contributed by atoms with Crippen molar-refractivity contribution >= 4 is 0 Å². The van der Waals surface area contributed by atoms with Gasteiger partial charge in [-0.15, -0.1) is 13.2 Å². The molecule has 80 valence electrons. The molecule has 1 fully saturated rings. The summed E-state index contributed by atoms with van der Waals surface area (Å²) >= 11 is 0. The maximum Gasteiger partial charge on any atom is 0.00674 e. The molecule has 0 aromatic carbocycles. The third kappa shape index (κ3) is 1.77. The van der Waals surface area contributed by atoms with Crippen LogP contribution in [-0.2, 0) is 0 Å². The van der Waals surface area contributed by atoms with Crippen LogP contribution in [0.3, 0.4) is 0 Å². The predicted octanol–water partition coefficient (Wildman–Crippen LogP) is 1.68. The lowest BCUT2D eigenvalue weighted by Gasteiger charge is -2.44. The Morgan fingerprint density at radius 2 is 2.07 bits per heavy atom. The van der Waals surface area contributed by atoms with Gasteiger partial charge in [0.25, 0.3) is 0 Å². The van der Waals surface area contributed by atoms with Gasteiger partial charge in [-0.2, -0.15) is 0 Å². The smallest absolute Gasteiger partial charge is 0.00674 e. The van der Waals surface area contributed by atoms with Crippen molar-refractivity contribution in [1.29, 1.82) is 0 Å². The third-order valence-corrected chi connectivity index (χ3v) is 3.73. The Morgan fingerprint density at radius 3 is 2.50 bits per heavy atom. The molecule has 1 aliphatic rings. The predicted molar refractivity (Wildman–Crippen MR) is 61.8 cm³/mol. The Kier molecular flexibility index (Phi) is 3.90. The summed E-state index contributed by atoms with van der Waals surface area (Å²) in [6, 6.07) is 0. The Balaban J connectivity index is 2.91. The molecule has 0 radical (unpaired) electrons. The summed E-state index contributed by atoms with van der Waals surface area (Å²) in [6.45, 7) is 9.23. The van der Waals surface area contributed by atoms with E-state index in [1.165, 1.54) is 12.8 Å². The average molecular weight is 194 g/mol. The molecule has 4 N–H and O–H groups in total. The number of hydrogen-bond acceptors (Lipinski definition) is 2. The summed E-state index contributed by atoms with van der Waals surface area (Å²) in [5.74, 6) is 0.937. The Labute approximate surface area is 87.0 Å². The van der Waals surface area contributed by atoms with Gasteiger partial charge in [-0.3, -0.25) is 0 Å². The van der Waals surface area contributed by atoms with Gasteiger partial charge in [-0.25, -0.2) is 0 Å². The summed E-state index contributed by atoms with van der Waals surface area (Å²) < 4.78 is 0. The van der Waals surface area contributed by atoms with Crippen LogP contribution in [0.1, 0.15) is 19.3 Å². The Morgan fingerprint density at radius 1 is 1.36 bits per heavy atom. The van der Waals surface area contributed by atoms with Crippen molar-refractivity contribution in [2.45, 2.75) is 19.3 Å². The van der Waals surface area contributed by atoms with E-state index in [0.717, 1.165) is 13.0 Å². The Hall–Kier alpha value is -0.600. The molecule has 14 heavy (non-hydrogen) atoms. The summed E-state index contributed by atoms with van der Waals surface area (Å²) in [5, 5.41) is 0. The van der Waals surface area contributed by atoms with E-state index < -0.39 is 0 Å². The van der Waals surface area contributed by atoms with Gasteiger partial charge in [0.15, 0.2) is 0 Å². The molecule has 3 unspecified atom stereocenters. The molecule has 3 atom stereocenters. The molecule has 2 nitrogen and oxygen atoms in total. The van der Waals surface area contributed by atoms with E-state index in [2.05, 4.69) is 13.2 Å². The lowest BCUT2D eigenvalue weighted by Crippen LogP contribution is -2.44. The van der Waals surface area contributed by atoms with Crippen LogP contribution in [-0.4, -0.2) is 13.1 Å². The third-order valence-electron chi connectivity index (χ3n) is 3.73. The van der Waals surface area contributed by atoms with Gasteiger partial charge in [0.2, 0.25) is 0 Å². The maximum atomic E-state index is 5.87. The van der Waals surface area contributed by atoms with Crippen LogP contribution >= 0.6 is 0 Å². The van der Waals surface area contributed by atoms with Gasteiger partial charge in [-0.05, 0) is 31.2 Å². The molecule has 2 heteroatoms. The molecule has 0 aromatic heterocycles. The molecule has 0 heterocycles. The fourth-order valence-electron chi connectivity index (χ4n) is 2.76. The molecular formula is C12H22N2. The van der Waals surface area contributed by atoms with E-state index in [4.69, 9.17) is 11.5 Å². The summed E-state index contributed by atoms with van der Waals surface area (Å²) in [4.78, 5) is 0. The van der Waals surface area contributed by atoms with Crippen molar-refractivity contribution in [1.82, 2.24) is 0 Å². The van der Waals surface area contributed by atoms with Gasteiger partial charge in [0.05, 0.1) is 0 Å². The molecule has 0 aliphatic heterocycles. The highest BCUT2D eigenvalue weighted by Gasteiger charge is 2.40.